The van der Waals surface area contributed by atoms with Gasteiger partial charge in [-0.25, -0.2) is 0 Å². The second-order valence-corrected chi connectivity index (χ2v) is 4.57. The van der Waals surface area contributed by atoms with E-state index in [1.165, 1.54) is 0 Å². The van der Waals surface area contributed by atoms with E-state index in [2.05, 4.69) is 10.2 Å². The molecular formula is C11H14ClN3O2. The highest BCUT2D eigenvalue weighted by Gasteiger charge is 2.24. The molecule has 1 fully saturated rings. The summed E-state index contributed by atoms with van der Waals surface area (Å²) in [7, 11) is 0. The van der Waals surface area contributed by atoms with Crippen LogP contribution in [-0.2, 0) is 0 Å². The number of halogens is 1. The lowest BCUT2D eigenvalue weighted by atomic mass is 9.99. The van der Waals surface area contributed by atoms with E-state index in [4.69, 9.17) is 16.7 Å². The Balaban J connectivity index is 2.06. The Hall–Kier alpha value is -1.20. The zero-order valence-electron chi connectivity index (χ0n) is 9.34. The SMILES string of the molecule is O=C(c1ccc(Cl)nn1)N1CCCC(CO)C1. The molecule has 2 heterocycles. The van der Waals surface area contributed by atoms with Crippen molar-refractivity contribution in [1.82, 2.24) is 15.1 Å². The van der Waals surface area contributed by atoms with Crippen molar-refractivity contribution in [2.75, 3.05) is 19.7 Å². The molecule has 1 unspecified atom stereocenters. The smallest absolute Gasteiger partial charge is 0.274 e. The maximum Gasteiger partial charge on any atom is 0.274 e. The van der Waals surface area contributed by atoms with Crippen molar-refractivity contribution in [2.45, 2.75) is 12.8 Å². The molecule has 92 valence electrons. The van der Waals surface area contributed by atoms with Gasteiger partial charge in [-0.3, -0.25) is 4.79 Å². The average molecular weight is 256 g/mol. The number of aliphatic hydroxyl groups excluding tert-OH is 1. The molecule has 6 heteroatoms. The first-order valence-electron chi connectivity index (χ1n) is 5.60. The molecule has 2 rings (SSSR count). The maximum atomic E-state index is 12.1. The molecule has 0 radical (unpaired) electrons. The molecule has 1 saturated heterocycles. The number of aromatic nitrogens is 2. The third-order valence-corrected chi connectivity index (χ3v) is 3.12. The van der Waals surface area contributed by atoms with E-state index in [1.807, 2.05) is 0 Å². The van der Waals surface area contributed by atoms with Gasteiger partial charge in [-0.2, -0.15) is 0 Å². The van der Waals surface area contributed by atoms with Crippen molar-refractivity contribution in [3.05, 3.63) is 23.0 Å². The fraction of sp³-hybridized carbons (Fsp3) is 0.545. The summed E-state index contributed by atoms with van der Waals surface area (Å²) in [5.74, 6) is 0.0280. The number of amides is 1. The van der Waals surface area contributed by atoms with Gasteiger partial charge >= 0.3 is 0 Å². The van der Waals surface area contributed by atoms with Gasteiger partial charge in [0.15, 0.2) is 10.8 Å². The first kappa shape index (κ1) is 12.3. The number of piperidine rings is 1. The largest absolute Gasteiger partial charge is 0.396 e. The van der Waals surface area contributed by atoms with Crippen LogP contribution in [-0.4, -0.2) is 45.8 Å². The zero-order chi connectivity index (χ0) is 12.3. The first-order valence-corrected chi connectivity index (χ1v) is 5.98. The number of likely N-dealkylation sites (tertiary alicyclic amines) is 1. The summed E-state index contributed by atoms with van der Waals surface area (Å²) in [5.41, 5.74) is 0.299. The number of rotatable bonds is 2. The van der Waals surface area contributed by atoms with Gasteiger partial charge in [-0.1, -0.05) is 11.6 Å². The molecule has 0 aliphatic carbocycles. The number of aliphatic hydroxyl groups is 1. The third kappa shape index (κ3) is 2.92. The molecule has 1 aliphatic heterocycles. The van der Waals surface area contributed by atoms with Crippen molar-refractivity contribution < 1.29 is 9.90 Å². The minimum atomic E-state index is -0.146. The van der Waals surface area contributed by atoms with Crippen molar-refractivity contribution in [2.24, 2.45) is 5.92 Å². The summed E-state index contributed by atoms with van der Waals surface area (Å²) in [6.07, 6.45) is 1.88. The molecule has 1 aromatic rings. The van der Waals surface area contributed by atoms with Crippen LogP contribution in [0.1, 0.15) is 23.3 Å². The van der Waals surface area contributed by atoms with Crippen LogP contribution in [0.25, 0.3) is 0 Å². The van der Waals surface area contributed by atoms with E-state index in [0.717, 1.165) is 12.8 Å². The Kier molecular flexibility index (Phi) is 3.91. The highest BCUT2D eigenvalue weighted by atomic mass is 35.5. The quantitative estimate of drug-likeness (QED) is 0.855. The van der Waals surface area contributed by atoms with Crippen molar-refractivity contribution in [3.8, 4) is 0 Å². The Labute approximate surface area is 104 Å². The summed E-state index contributed by atoms with van der Waals surface area (Å²) in [4.78, 5) is 13.8. The lowest BCUT2D eigenvalue weighted by molar-refractivity contribution is 0.0614. The van der Waals surface area contributed by atoms with Gasteiger partial charge in [0.25, 0.3) is 5.91 Å². The Morgan fingerprint density at radius 2 is 2.35 bits per heavy atom. The van der Waals surface area contributed by atoms with Crippen LogP contribution in [0, 0.1) is 5.92 Å². The Bertz CT molecular complexity index is 396. The van der Waals surface area contributed by atoms with Crippen molar-refractivity contribution >= 4 is 17.5 Å². The number of hydrogen-bond donors (Lipinski definition) is 1. The maximum absolute atomic E-state index is 12.1. The molecule has 0 bridgehead atoms. The normalized spacial score (nSPS) is 20.4. The fourth-order valence-electron chi connectivity index (χ4n) is 1.99. The predicted octanol–water partition coefficient (Wildman–Crippen LogP) is 0.974. The lowest BCUT2D eigenvalue weighted by Gasteiger charge is -2.31. The predicted molar refractivity (Wildman–Crippen MR) is 62.8 cm³/mol. The van der Waals surface area contributed by atoms with Crippen molar-refractivity contribution in [3.63, 3.8) is 0 Å². The van der Waals surface area contributed by atoms with Gasteiger partial charge in [0.05, 0.1) is 0 Å². The molecule has 1 atom stereocenters. The van der Waals surface area contributed by atoms with E-state index >= 15 is 0 Å². The molecule has 0 aromatic carbocycles. The fourth-order valence-corrected chi connectivity index (χ4v) is 2.09. The molecule has 0 spiro atoms. The number of carbonyl (C=O) groups is 1. The molecule has 1 aliphatic rings. The van der Waals surface area contributed by atoms with Gasteiger partial charge < -0.3 is 10.0 Å². The van der Waals surface area contributed by atoms with Gasteiger partial charge in [0.1, 0.15) is 0 Å². The minimum Gasteiger partial charge on any atom is -0.396 e. The van der Waals surface area contributed by atoms with E-state index in [9.17, 15) is 4.79 Å². The average Bonchev–Trinajstić information content (AvgIpc) is 2.39. The topological polar surface area (TPSA) is 66.3 Å². The van der Waals surface area contributed by atoms with E-state index < -0.39 is 0 Å². The molecular weight excluding hydrogens is 242 g/mol. The van der Waals surface area contributed by atoms with Crippen LogP contribution in [0.4, 0.5) is 0 Å². The Morgan fingerprint density at radius 1 is 1.53 bits per heavy atom. The minimum absolute atomic E-state index is 0.121. The van der Waals surface area contributed by atoms with Gasteiger partial charge in [0, 0.05) is 19.7 Å². The molecule has 1 amide bonds. The number of hydrogen-bond acceptors (Lipinski definition) is 4. The summed E-state index contributed by atoms with van der Waals surface area (Å²) in [6, 6.07) is 3.12. The lowest BCUT2D eigenvalue weighted by Crippen LogP contribution is -2.41. The van der Waals surface area contributed by atoms with Crippen LogP contribution >= 0.6 is 11.6 Å². The van der Waals surface area contributed by atoms with Crippen LogP contribution in [0.15, 0.2) is 12.1 Å². The number of nitrogens with zero attached hydrogens (tertiary/aromatic N) is 3. The van der Waals surface area contributed by atoms with Crippen LogP contribution in [0.5, 0.6) is 0 Å². The van der Waals surface area contributed by atoms with Crippen molar-refractivity contribution in [1.29, 1.82) is 0 Å². The molecule has 17 heavy (non-hydrogen) atoms. The van der Waals surface area contributed by atoms with Crippen LogP contribution in [0.2, 0.25) is 5.15 Å². The second kappa shape index (κ2) is 5.42. The summed E-state index contributed by atoms with van der Waals surface area (Å²) >= 11 is 5.62. The molecule has 1 aromatic heterocycles. The summed E-state index contributed by atoms with van der Waals surface area (Å²) in [6.45, 7) is 1.41. The van der Waals surface area contributed by atoms with E-state index in [1.54, 1.807) is 17.0 Å². The van der Waals surface area contributed by atoms with Crippen LogP contribution in [0.3, 0.4) is 0 Å². The monoisotopic (exact) mass is 255 g/mol. The highest BCUT2D eigenvalue weighted by molar-refractivity contribution is 6.29. The van der Waals surface area contributed by atoms with Gasteiger partial charge in [0.2, 0.25) is 0 Å². The summed E-state index contributed by atoms with van der Waals surface area (Å²) in [5, 5.41) is 16.8. The highest BCUT2D eigenvalue weighted by Crippen LogP contribution is 2.17. The first-order chi connectivity index (χ1) is 8.20. The molecule has 5 nitrogen and oxygen atoms in total. The second-order valence-electron chi connectivity index (χ2n) is 4.18. The van der Waals surface area contributed by atoms with E-state index in [-0.39, 0.29) is 23.6 Å². The number of carbonyl (C=O) groups excluding carboxylic acids is 1. The van der Waals surface area contributed by atoms with Gasteiger partial charge in [-0.05, 0) is 30.9 Å². The standard InChI is InChI=1S/C11H14ClN3O2/c12-10-4-3-9(13-14-10)11(17)15-5-1-2-8(6-15)7-16/h3-4,8,16H,1-2,5-7H2. The van der Waals surface area contributed by atoms with Gasteiger partial charge in [-0.15, -0.1) is 10.2 Å². The Morgan fingerprint density at radius 3 is 3.00 bits per heavy atom. The van der Waals surface area contributed by atoms with E-state index in [0.29, 0.717) is 18.8 Å². The summed E-state index contributed by atoms with van der Waals surface area (Å²) < 4.78 is 0. The third-order valence-electron chi connectivity index (χ3n) is 2.92. The van der Waals surface area contributed by atoms with Crippen LogP contribution < -0.4 is 0 Å². The molecule has 0 saturated carbocycles. The molecule has 1 N–H and O–H groups in total. The zero-order valence-corrected chi connectivity index (χ0v) is 10.1.